The van der Waals surface area contributed by atoms with Crippen LogP contribution in [0.25, 0.3) is 11.3 Å². The number of carbonyl (C=O) groups is 1. The van der Waals surface area contributed by atoms with Crippen molar-refractivity contribution >= 4 is 17.3 Å². The van der Waals surface area contributed by atoms with Crippen LogP contribution >= 0.6 is 0 Å². The Hall–Kier alpha value is -3.08. The van der Waals surface area contributed by atoms with Crippen LogP contribution in [0.2, 0.25) is 0 Å². The maximum Gasteiger partial charge on any atom is 0.342 e. The van der Waals surface area contributed by atoms with Crippen LogP contribution in [0.1, 0.15) is 11.1 Å². The molecule has 114 valence electrons. The lowest BCUT2D eigenvalue weighted by Gasteiger charge is -2.30. The van der Waals surface area contributed by atoms with Gasteiger partial charge in [0.15, 0.2) is 0 Å². The predicted octanol–water partition coefficient (Wildman–Crippen LogP) is 3.45. The molecule has 4 nitrogen and oxygen atoms in total. The Morgan fingerprint density at radius 3 is 2.52 bits per heavy atom. The third-order valence-electron chi connectivity index (χ3n) is 3.79. The number of aliphatic hydroxyl groups excluding tert-OH is 1. The summed E-state index contributed by atoms with van der Waals surface area (Å²) in [5, 5.41) is 10.5. The summed E-state index contributed by atoms with van der Waals surface area (Å²) in [6, 6.07) is 12.4. The molecule has 0 fully saturated rings. The van der Waals surface area contributed by atoms with Gasteiger partial charge in [0.05, 0.1) is 16.7 Å². The van der Waals surface area contributed by atoms with E-state index in [0.29, 0.717) is 22.4 Å². The molecule has 2 aromatic carbocycles. The van der Waals surface area contributed by atoms with E-state index in [1.165, 1.54) is 30.3 Å². The molecule has 2 aliphatic heterocycles. The third kappa shape index (κ3) is 2.17. The minimum Gasteiger partial charge on any atom is -0.507 e. The van der Waals surface area contributed by atoms with E-state index in [-0.39, 0.29) is 11.3 Å². The molecular weight excluding hydrogens is 299 g/mol. The molecule has 0 aliphatic carbocycles. The largest absolute Gasteiger partial charge is 0.507 e. The topological polar surface area (TPSA) is 55.8 Å². The van der Waals surface area contributed by atoms with Crippen molar-refractivity contribution in [2.24, 2.45) is 0 Å². The fourth-order valence-electron chi connectivity index (χ4n) is 2.64. The Bertz CT molecular complexity index is 865. The van der Waals surface area contributed by atoms with Crippen LogP contribution in [-0.4, -0.2) is 17.4 Å². The van der Waals surface area contributed by atoms with Gasteiger partial charge in [-0.05, 0) is 35.9 Å². The van der Waals surface area contributed by atoms with Gasteiger partial charge in [-0.25, -0.2) is 9.18 Å². The van der Waals surface area contributed by atoms with Crippen LogP contribution < -0.4 is 4.74 Å². The minimum absolute atomic E-state index is 0.00367. The van der Waals surface area contributed by atoms with Crippen molar-refractivity contribution in [3.8, 4) is 5.75 Å². The first-order valence-corrected chi connectivity index (χ1v) is 7.01. The van der Waals surface area contributed by atoms with Crippen molar-refractivity contribution in [2.45, 2.75) is 6.29 Å². The summed E-state index contributed by atoms with van der Waals surface area (Å²) in [5.41, 5.74) is 1.65. The van der Waals surface area contributed by atoms with E-state index in [2.05, 4.69) is 0 Å². The Balaban J connectivity index is 1.85. The molecular formula is C18H11FO4. The molecule has 0 saturated heterocycles. The summed E-state index contributed by atoms with van der Waals surface area (Å²) in [6.45, 7) is 0. The molecule has 2 heterocycles. The molecule has 23 heavy (non-hydrogen) atoms. The first-order valence-electron chi connectivity index (χ1n) is 7.01. The van der Waals surface area contributed by atoms with Crippen LogP contribution in [0.3, 0.4) is 0 Å². The van der Waals surface area contributed by atoms with Crippen molar-refractivity contribution in [1.29, 1.82) is 0 Å². The molecule has 0 radical (unpaired) electrons. The molecule has 0 bridgehead atoms. The summed E-state index contributed by atoms with van der Waals surface area (Å²) in [5.74, 6) is -0.528. The summed E-state index contributed by atoms with van der Waals surface area (Å²) in [4.78, 5) is 12.2. The van der Waals surface area contributed by atoms with Crippen LogP contribution in [0.15, 0.2) is 60.2 Å². The molecule has 2 aliphatic rings. The van der Waals surface area contributed by atoms with Crippen LogP contribution in [0, 0.1) is 5.82 Å². The maximum absolute atomic E-state index is 13.0. The van der Waals surface area contributed by atoms with E-state index < -0.39 is 18.1 Å². The first kappa shape index (κ1) is 13.6. The van der Waals surface area contributed by atoms with Crippen molar-refractivity contribution in [3.63, 3.8) is 0 Å². The number of para-hydroxylation sites is 1. The van der Waals surface area contributed by atoms with Gasteiger partial charge in [-0.1, -0.05) is 24.3 Å². The number of hydrogen-bond donors (Lipinski definition) is 1. The van der Waals surface area contributed by atoms with Gasteiger partial charge in [-0.3, -0.25) is 0 Å². The maximum atomic E-state index is 13.0. The summed E-state index contributed by atoms with van der Waals surface area (Å²) >= 11 is 0. The molecule has 0 spiro atoms. The molecule has 4 rings (SSSR count). The zero-order valence-corrected chi connectivity index (χ0v) is 11.8. The highest BCUT2D eigenvalue weighted by Gasteiger charge is 2.35. The number of fused-ring (bicyclic) bond motifs is 2. The predicted molar refractivity (Wildman–Crippen MR) is 80.9 cm³/mol. The number of esters is 1. The highest BCUT2D eigenvalue weighted by molar-refractivity contribution is 6.18. The zero-order chi connectivity index (χ0) is 16.0. The van der Waals surface area contributed by atoms with Crippen molar-refractivity contribution < 1.29 is 23.8 Å². The molecule has 1 unspecified atom stereocenters. The Kier molecular flexibility index (Phi) is 2.94. The SMILES string of the molecule is O=C1OC2Oc3ccccc3C(O)=C2C=C1c1ccc(F)cc1. The van der Waals surface area contributed by atoms with Crippen LogP contribution in [0.4, 0.5) is 4.39 Å². The van der Waals surface area contributed by atoms with Gasteiger partial charge in [0, 0.05) is 0 Å². The van der Waals surface area contributed by atoms with Gasteiger partial charge in [0.1, 0.15) is 17.3 Å². The van der Waals surface area contributed by atoms with Crippen molar-refractivity contribution in [2.75, 3.05) is 0 Å². The number of carbonyl (C=O) groups excluding carboxylic acids is 1. The van der Waals surface area contributed by atoms with E-state index in [4.69, 9.17) is 9.47 Å². The Morgan fingerprint density at radius 1 is 1.00 bits per heavy atom. The van der Waals surface area contributed by atoms with E-state index in [9.17, 15) is 14.3 Å². The van der Waals surface area contributed by atoms with E-state index in [1.54, 1.807) is 24.3 Å². The minimum atomic E-state index is -0.985. The Labute approximate surface area is 131 Å². The van der Waals surface area contributed by atoms with Gasteiger partial charge >= 0.3 is 5.97 Å². The third-order valence-corrected chi connectivity index (χ3v) is 3.79. The fourth-order valence-corrected chi connectivity index (χ4v) is 2.64. The van der Waals surface area contributed by atoms with Gasteiger partial charge in [-0.2, -0.15) is 0 Å². The zero-order valence-electron chi connectivity index (χ0n) is 11.8. The highest BCUT2D eigenvalue weighted by Crippen LogP contribution is 2.39. The fraction of sp³-hybridized carbons (Fsp3) is 0.0556. The molecule has 5 heteroatoms. The van der Waals surface area contributed by atoms with Crippen molar-refractivity contribution in [3.05, 3.63) is 77.1 Å². The van der Waals surface area contributed by atoms with Gasteiger partial charge in [0.25, 0.3) is 6.29 Å². The molecule has 0 aromatic heterocycles. The normalized spacial score (nSPS) is 19.3. The number of benzene rings is 2. The summed E-state index contributed by atoms with van der Waals surface area (Å²) in [7, 11) is 0. The Morgan fingerprint density at radius 2 is 1.74 bits per heavy atom. The summed E-state index contributed by atoms with van der Waals surface area (Å²) < 4.78 is 23.9. The standard InChI is InChI=1S/C18H11FO4/c19-11-7-5-10(6-8-11)13-9-14-16(20)12-3-1-2-4-15(12)22-18(14)23-17(13)21/h1-9,18,20H. The first-order chi connectivity index (χ1) is 11.1. The average molecular weight is 310 g/mol. The van der Waals surface area contributed by atoms with E-state index >= 15 is 0 Å². The number of ether oxygens (including phenoxy) is 2. The number of hydrogen-bond acceptors (Lipinski definition) is 4. The van der Waals surface area contributed by atoms with Gasteiger partial charge < -0.3 is 14.6 Å². The molecule has 0 saturated carbocycles. The quantitative estimate of drug-likeness (QED) is 0.820. The second kappa shape index (κ2) is 4.98. The molecule has 0 amide bonds. The smallest absolute Gasteiger partial charge is 0.342 e. The molecule has 1 N–H and O–H groups in total. The highest BCUT2D eigenvalue weighted by atomic mass is 19.1. The van der Waals surface area contributed by atoms with Crippen molar-refractivity contribution in [1.82, 2.24) is 0 Å². The molecule has 1 atom stereocenters. The summed E-state index contributed by atoms with van der Waals surface area (Å²) in [6.07, 6.45) is 0.538. The van der Waals surface area contributed by atoms with Gasteiger partial charge in [0.2, 0.25) is 0 Å². The number of rotatable bonds is 1. The lowest BCUT2D eigenvalue weighted by atomic mass is 9.96. The molecule has 2 aromatic rings. The van der Waals surface area contributed by atoms with Crippen LogP contribution in [-0.2, 0) is 9.53 Å². The lowest BCUT2D eigenvalue weighted by molar-refractivity contribution is -0.152. The lowest BCUT2D eigenvalue weighted by Crippen LogP contribution is -2.33. The average Bonchev–Trinajstić information content (AvgIpc) is 2.56. The second-order valence-corrected chi connectivity index (χ2v) is 5.22. The second-order valence-electron chi connectivity index (χ2n) is 5.22. The van der Waals surface area contributed by atoms with E-state index in [0.717, 1.165) is 0 Å². The van der Waals surface area contributed by atoms with E-state index in [1.807, 2.05) is 0 Å². The van der Waals surface area contributed by atoms with Crippen LogP contribution in [0.5, 0.6) is 5.75 Å². The van der Waals surface area contributed by atoms with Gasteiger partial charge in [-0.15, -0.1) is 0 Å². The monoisotopic (exact) mass is 310 g/mol. The number of halogens is 1. The number of aliphatic hydroxyl groups is 1.